The van der Waals surface area contributed by atoms with E-state index in [1.54, 1.807) is 4.57 Å². The molecule has 192 valence electrons. The van der Waals surface area contributed by atoms with Gasteiger partial charge in [0.2, 0.25) is 5.43 Å². The molecule has 0 spiro atoms. The van der Waals surface area contributed by atoms with Crippen LogP contribution >= 0.6 is 0 Å². The SMILES string of the molecule is CNCCCCNc1c(F)cc2c(=O)c(C(=O)O)cn(Cc3ccc(-c4ccccc4)cc3)c2c1OC. The maximum absolute atomic E-state index is 15.2. The summed E-state index contributed by atoms with van der Waals surface area (Å²) in [6.07, 6.45) is 3.02. The van der Waals surface area contributed by atoms with Crippen LogP contribution in [0.15, 0.2) is 71.7 Å². The maximum atomic E-state index is 15.2. The molecule has 4 aromatic rings. The first kappa shape index (κ1) is 25.9. The lowest BCUT2D eigenvalue weighted by molar-refractivity contribution is 0.0695. The summed E-state index contributed by atoms with van der Waals surface area (Å²) in [6, 6.07) is 18.9. The number of anilines is 1. The van der Waals surface area contributed by atoms with Crippen molar-refractivity contribution in [2.75, 3.05) is 32.6 Å². The fourth-order valence-electron chi connectivity index (χ4n) is 4.41. The average Bonchev–Trinajstić information content (AvgIpc) is 2.91. The molecular weight excluding hydrogens is 473 g/mol. The molecule has 0 saturated carbocycles. The van der Waals surface area contributed by atoms with Gasteiger partial charge in [0.15, 0.2) is 11.6 Å². The second-order valence-corrected chi connectivity index (χ2v) is 8.77. The number of pyridine rings is 1. The molecule has 3 aromatic carbocycles. The summed E-state index contributed by atoms with van der Waals surface area (Å²) in [7, 11) is 3.29. The Labute approximate surface area is 214 Å². The molecule has 0 unspecified atom stereocenters. The summed E-state index contributed by atoms with van der Waals surface area (Å²) in [4.78, 5) is 24.8. The molecule has 8 heteroatoms. The number of rotatable bonds is 11. The number of fused-ring (bicyclic) bond motifs is 1. The molecule has 3 N–H and O–H groups in total. The van der Waals surface area contributed by atoms with E-state index >= 15 is 4.39 Å². The lowest BCUT2D eigenvalue weighted by Crippen LogP contribution is -2.20. The van der Waals surface area contributed by atoms with Gasteiger partial charge in [-0.25, -0.2) is 9.18 Å². The van der Waals surface area contributed by atoms with Gasteiger partial charge in [0.05, 0.1) is 18.0 Å². The van der Waals surface area contributed by atoms with E-state index in [2.05, 4.69) is 10.6 Å². The molecule has 0 radical (unpaired) electrons. The molecule has 0 fully saturated rings. The van der Waals surface area contributed by atoms with Crippen LogP contribution in [0.3, 0.4) is 0 Å². The first-order chi connectivity index (χ1) is 17.9. The molecule has 7 nitrogen and oxygen atoms in total. The second-order valence-electron chi connectivity index (χ2n) is 8.77. The molecule has 1 aromatic heterocycles. The van der Waals surface area contributed by atoms with Crippen molar-refractivity contribution in [3.05, 3.63) is 94.0 Å². The number of carboxylic acids is 1. The third kappa shape index (κ3) is 5.65. The first-order valence-corrected chi connectivity index (χ1v) is 12.1. The topological polar surface area (TPSA) is 92.6 Å². The van der Waals surface area contributed by atoms with Crippen LogP contribution in [0.2, 0.25) is 0 Å². The van der Waals surface area contributed by atoms with E-state index in [0.29, 0.717) is 12.1 Å². The van der Waals surface area contributed by atoms with E-state index in [9.17, 15) is 14.7 Å². The van der Waals surface area contributed by atoms with Crippen molar-refractivity contribution in [2.45, 2.75) is 19.4 Å². The van der Waals surface area contributed by atoms with E-state index in [4.69, 9.17) is 4.74 Å². The zero-order valence-electron chi connectivity index (χ0n) is 20.9. The molecule has 0 bridgehead atoms. The average molecular weight is 504 g/mol. The third-order valence-corrected chi connectivity index (χ3v) is 6.27. The zero-order valence-corrected chi connectivity index (χ0v) is 20.9. The predicted octanol–water partition coefficient (Wildman–Crippen LogP) is 4.97. The number of carboxylic acid groups (broad SMARTS) is 1. The lowest BCUT2D eigenvalue weighted by atomic mass is 10.0. The number of aromatic carboxylic acids is 1. The van der Waals surface area contributed by atoms with Gasteiger partial charge in [-0.15, -0.1) is 0 Å². The third-order valence-electron chi connectivity index (χ3n) is 6.27. The van der Waals surface area contributed by atoms with Gasteiger partial charge >= 0.3 is 5.97 Å². The highest BCUT2D eigenvalue weighted by molar-refractivity contribution is 5.96. The summed E-state index contributed by atoms with van der Waals surface area (Å²) in [5.41, 5.74) is 2.31. The minimum Gasteiger partial charge on any atom is -0.492 e. The van der Waals surface area contributed by atoms with Gasteiger partial charge in [-0.3, -0.25) is 4.79 Å². The van der Waals surface area contributed by atoms with Crippen LogP contribution in [-0.4, -0.2) is 42.9 Å². The molecule has 0 atom stereocenters. The Bertz CT molecular complexity index is 1450. The molecule has 0 aliphatic heterocycles. The number of aromatic nitrogens is 1. The van der Waals surface area contributed by atoms with E-state index in [-0.39, 0.29) is 23.4 Å². The summed E-state index contributed by atoms with van der Waals surface area (Å²) in [6.45, 7) is 1.62. The number of hydrogen-bond acceptors (Lipinski definition) is 5. The van der Waals surface area contributed by atoms with Crippen molar-refractivity contribution >= 4 is 22.6 Å². The van der Waals surface area contributed by atoms with Crippen LogP contribution in [0.1, 0.15) is 28.8 Å². The fraction of sp³-hybridized carbons (Fsp3) is 0.241. The molecule has 37 heavy (non-hydrogen) atoms. The van der Waals surface area contributed by atoms with Crippen LogP contribution in [0.4, 0.5) is 10.1 Å². The minimum absolute atomic E-state index is 0.0455. The van der Waals surface area contributed by atoms with Gasteiger partial charge in [-0.2, -0.15) is 0 Å². The minimum atomic E-state index is -1.37. The smallest absolute Gasteiger partial charge is 0.341 e. The van der Waals surface area contributed by atoms with Crippen LogP contribution < -0.4 is 20.8 Å². The molecule has 0 saturated heterocycles. The summed E-state index contributed by atoms with van der Waals surface area (Å²) >= 11 is 0. The molecule has 0 aliphatic rings. The van der Waals surface area contributed by atoms with Gasteiger partial charge in [-0.1, -0.05) is 54.6 Å². The molecule has 0 aliphatic carbocycles. The lowest BCUT2D eigenvalue weighted by Gasteiger charge is -2.19. The van der Waals surface area contributed by atoms with Crippen LogP contribution in [0.25, 0.3) is 22.0 Å². The number of nitrogens with one attached hydrogen (secondary N) is 2. The Balaban J connectivity index is 1.78. The normalized spacial score (nSPS) is 11.0. The van der Waals surface area contributed by atoms with Gasteiger partial charge < -0.3 is 25.0 Å². The van der Waals surface area contributed by atoms with Crippen molar-refractivity contribution < 1.29 is 19.0 Å². The van der Waals surface area contributed by atoms with Gasteiger partial charge in [0, 0.05) is 19.3 Å². The fourth-order valence-corrected chi connectivity index (χ4v) is 4.41. The number of hydrogen-bond donors (Lipinski definition) is 3. The monoisotopic (exact) mass is 503 g/mol. The highest BCUT2D eigenvalue weighted by atomic mass is 19.1. The largest absolute Gasteiger partial charge is 0.492 e. The maximum Gasteiger partial charge on any atom is 0.341 e. The van der Waals surface area contributed by atoms with E-state index < -0.39 is 22.8 Å². The highest BCUT2D eigenvalue weighted by Gasteiger charge is 2.22. The Morgan fingerprint density at radius 1 is 1.03 bits per heavy atom. The molecule has 1 heterocycles. The Kier molecular flexibility index (Phi) is 8.20. The zero-order chi connectivity index (χ0) is 26.4. The van der Waals surface area contributed by atoms with Crippen LogP contribution in [0.5, 0.6) is 5.75 Å². The predicted molar refractivity (Wildman–Crippen MR) is 144 cm³/mol. The second kappa shape index (κ2) is 11.7. The van der Waals surface area contributed by atoms with Crippen molar-refractivity contribution in [2.24, 2.45) is 0 Å². The van der Waals surface area contributed by atoms with E-state index in [0.717, 1.165) is 42.1 Å². The van der Waals surface area contributed by atoms with Crippen LogP contribution in [-0.2, 0) is 6.54 Å². The number of carbonyl (C=O) groups is 1. The van der Waals surface area contributed by atoms with Crippen molar-refractivity contribution in [3.63, 3.8) is 0 Å². The molecule has 4 rings (SSSR count). The molecular formula is C29H30FN3O4. The summed E-state index contributed by atoms with van der Waals surface area (Å²) < 4.78 is 22.4. The number of benzene rings is 3. The number of unbranched alkanes of at least 4 members (excludes halogenated alkanes) is 1. The van der Waals surface area contributed by atoms with Crippen LogP contribution in [0, 0.1) is 5.82 Å². The van der Waals surface area contributed by atoms with Crippen molar-refractivity contribution in [1.29, 1.82) is 0 Å². The number of nitrogens with zero attached hydrogens (tertiary/aromatic N) is 1. The van der Waals surface area contributed by atoms with Crippen molar-refractivity contribution in [3.8, 4) is 16.9 Å². The van der Waals surface area contributed by atoms with Gasteiger partial charge in [0.25, 0.3) is 0 Å². The standard InChI is InChI=1S/C29H30FN3O4/c1-31-14-6-7-15-32-25-24(30)16-22-26(28(25)37-2)33(18-23(27(22)34)29(35)36)17-19-10-12-21(13-11-19)20-8-4-3-5-9-20/h3-5,8-13,16,18,31-32H,6-7,14-15,17H2,1-2H3,(H,35,36). The van der Waals surface area contributed by atoms with Gasteiger partial charge in [0.1, 0.15) is 11.3 Å². The Morgan fingerprint density at radius 3 is 2.35 bits per heavy atom. The Hall–Kier alpha value is -4.17. The van der Waals surface area contributed by atoms with E-state index in [1.807, 2.05) is 61.6 Å². The Morgan fingerprint density at radius 2 is 1.70 bits per heavy atom. The number of ether oxygens (including phenoxy) is 1. The van der Waals surface area contributed by atoms with Gasteiger partial charge in [-0.05, 0) is 49.2 Å². The number of halogens is 1. The number of methoxy groups -OCH3 is 1. The summed E-state index contributed by atoms with van der Waals surface area (Å²) in [5.74, 6) is -1.87. The van der Waals surface area contributed by atoms with Crippen molar-refractivity contribution in [1.82, 2.24) is 9.88 Å². The molecule has 0 amide bonds. The summed E-state index contributed by atoms with van der Waals surface area (Å²) in [5, 5.41) is 15.8. The first-order valence-electron chi connectivity index (χ1n) is 12.1. The highest BCUT2D eigenvalue weighted by Crippen LogP contribution is 2.36. The quantitative estimate of drug-likeness (QED) is 0.250. The van der Waals surface area contributed by atoms with E-state index in [1.165, 1.54) is 13.3 Å².